The van der Waals surface area contributed by atoms with E-state index < -0.39 is 24.4 Å². The van der Waals surface area contributed by atoms with E-state index in [9.17, 15) is 33.6 Å². The van der Waals surface area contributed by atoms with Gasteiger partial charge < -0.3 is 110 Å². The van der Waals surface area contributed by atoms with E-state index in [1.807, 2.05) is 102 Å². The first-order valence-corrected chi connectivity index (χ1v) is 64.4. The van der Waals surface area contributed by atoms with Crippen LogP contribution in [0.25, 0.3) is 0 Å². The number of alkyl carbamates (subject to hydrolysis) is 4. The number of carbonyl (C=O) groups is 7. The molecule has 0 heterocycles. The highest BCUT2D eigenvalue weighted by atomic mass is 33.1. The Morgan fingerprint density at radius 3 is 0.897 bits per heavy atom. The predicted molar refractivity (Wildman–Crippen MR) is 627 cm³/mol. The fraction of sp³-hybridized carbons (Fsp3) is 0.840. The summed E-state index contributed by atoms with van der Waals surface area (Å²) in [7, 11) is 17.6. The van der Waals surface area contributed by atoms with Crippen molar-refractivity contribution in [3.05, 3.63) is 0 Å². The van der Waals surface area contributed by atoms with E-state index in [-0.39, 0.29) is 33.4 Å². The molecule has 0 aromatic heterocycles. The summed E-state index contributed by atoms with van der Waals surface area (Å²) in [5.74, 6) is 41.2. The van der Waals surface area contributed by atoms with Crippen molar-refractivity contribution in [3.63, 3.8) is 0 Å². The molecule has 846 valence electrons. The van der Waals surface area contributed by atoms with E-state index in [0.29, 0.717) is 205 Å². The van der Waals surface area contributed by atoms with E-state index >= 15 is 0 Å². The Balaban J connectivity index is -0.000000579. The van der Waals surface area contributed by atoms with Crippen LogP contribution in [0.15, 0.2) is 0 Å². The molecule has 0 saturated carbocycles. The van der Waals surface area contributed by atoms with E-state index in [2.05, 4.69) is 209 Å². The standard InChI is InChI=1S/C28H53N3O6S2.C28H52N2O7S2.C18H34N2O2S2.C18H33NO3S2.C14H26N2OS2/c1-24(2)11-9-15-30-26(32)29-14-7-8-17-36-23-38-39-28(5,6)13-19-37-27(33)31-16-20-35-22-21-34-18-10-12-25(3)4;1-24(2)11-9-14-29-26(31)36-18-8-7-16-35-23-38-39-28(5,6)13-19-37-27(32)30-15-20-34-22-21-33-17-10-12-25(3)4;1-16(2)9-7-12-20-18(21)19-11-5-6-13-22-15-24-23-14-8-10-17(3)4;1-16(2)9-7-11-19-18(20)22-13-6-5-12-21-15-24-23-14-8-10-17(3)4;1-12(2)6-5-8-16-14(17)7-10-18-19-11-9-15-13(3)4/h24-25H,7-8,10,12-23H2,1-6H3,(H,31,33)(H2,29,30,32);24-25H,7-8,10,12-23H2,1-6H3,(H,29,31)(H,30,32);16-17H,5-6,8,10-15H2,1-4H3,(H2,19,20,21);16-17H,5-6,8,10-15H2,1-4H3,(H,19,20);12-13,15H,7-11H2,1-4H3,(H,16,17). The van der Waals surface area contributed by atoms with E-state index in [1.54, 1.807) is 75.6 Å². The molecule has 39 heteroatoms. The van der Waals surface area contributed by atoms with Crippen LogP contribution >= 0.6 is 108 Å². The Hall–Kier alpha value is -3.97. The molecule has 0 saturated heterocycles. The number of unbranched alkanes of at least 4 members (excludes halogenated alkanes) is 4. The summed E-state index contributed by atoms with van der Waals surface area (Å²) in [5.41, 5.74) is 0. The first kappa shape index (κ1) is 149. The number of nitrogens with one attached hydrogen (secondary N) is 10. The first-order chi connectivity index (χ1) is 69.3. The minimum Gasteiger partial charge on any atom is -0.450 e. The minimum atomic E-state index is -0.442. The topological polar surface area (TPSA) is 351 Å². The molecule has 9 amide bonds. The van der Waals surface area contributed by atoms with Gasteiger partial charge in [0, 0.05) is 147 Å². The molecular weight excluding hydrogens is 2040 g/mol. The highest BCUT2D eigenvalue weighted by Crippen LogP contribution is 2.39. The van der Waals surface area contributed by atoms with Crippen LogP contribution in [0.4, 0.5) is 28.8 Å². The number of carbonyl (C=O) groups excluding carboxylic acids is 7. The average Bonchev–Trinajstić information content (AvgIpc) is 0.934. The van der Waals surface area contributed by atoms with Gasteiger partial charge in [0.05, 0.1) is 98.8 Å². The quantitative estimate of drug-likeness (QED) is 0.00889. The lowest BCUT2D eigenvalue weighted by molar-refractivity contribution is -0.120. The summed E-state index contributed by atoms with van der Waals surface area (Å²) in [6.07, 6.45) is 16.9. The number of ether oxygens (including phenoxy) is 12. The largest absolute Gasteiger partial charge is 0.450 e. The van der Waals surface area contributed by atoms with Crippen molar-refractivity contribution in [2.75, 3.05) is 218 Å². The number of urea groups is 2. The first-order valence-electron chi connectivity index (χ1n) is 52.3. The van der Waals surface area contributed by atoms with E-state index in [1.165, 1.54) is 50.0 Å². The number of hydrogen-bond donors (Lipinski definition) is 10. The molecular formula is C106H198N10O19S10. The van der Waals surface area contributed by atoms with Crippen LogP contribution in [-0.4, -0.2) is 276 Å². The Labute approximate surface area is 920 Å². The molecule has 0 aliphatic heterocycles. The Morgan fingerprint density at radius 2 is 0.545 bits per heavy atom. The van der Waals surface area contributed by atoms with Crippen LogP contribution in [0.5, 0.6) is 0 Å². The Kier molecular flexibility index (Phi) is 118. The van der Waals surface area contributed by atoms with Crippen LogP contribution in [0.2, 0.25) is 0 Å². The van der Waals surface area contributed by atoms with Crippen LogP contribution in [-0.2, 0) is 61.6 Å². The summed E-state index contributed by atoms with van der Waals surface area (Å²) in [5, 5.41) is 27.9. The van der Waals surface area contributed by atoms with E-state index in [0.717, 1.165) is 139 Å². The maximum Gasteiger partial charge on any atom is 0.407 e. The maximum atomic E-state index is 11.8. The van der Waals surface area contributed by atoms with Crippen molar-refractivity contribution in [2.45, 2.75) is 304 Å². The fourth-order valence-electron chi connectivity index (χ4n) is 10.1. The summed E-state index contributed by atoms with van der Waals surface area (Å²) in [6, 6.07) is 0.202. The van der Waals surface area contributed by atoms with Gasteiger partial charge in [0.15, 0.2) is 0 Å². The summed E-state index contributed by atoms with van der Waals surface area (Å²) < 4.78 is 64.9. The maximum absolute atomic E-state index is 11.8. The zero-order chi connectivity index (χ0) is 109. The SMILES string of the molecule is CC(C)C#CCNC(=O)CCSSCCNC(C)C.CC(C)C#CCNC(=O)NCCCCOCSSC(C)(C)CCOC(=O)NCCOCCOCCCC(C)C.CC(C)C#CCNC(=O)NCCCCOCSSCCCC(C)C.CC(C)C#CCNC(=O)OCCCCOCSSC(C)(C)CCOC(=O)NCCOCCOCCCC(C)C.CC(C)C#CCNC(=O)OCCCCOCSSCCCC(C)C. The third-order valence-corrected chi connectivity index (χ3v) is 30.6. The zero-order valence-electron chi connectivity index (χ0n) is 93.6. The molecule has 0 spiro atoms. The molecule has 0 aromatic rings. The van der Waals surface area contributed by atoms with Gasteiger partial charge >= 0.3 is 36.4 Å². The van der Waals surface area contributed by atoms with Crippen LogP contribution in [0, 0.1) is 112 Å². The molecule has 0 bridgehead atoms. The number of amides is 9. The second kappa shape index (κ2) is 114. The fourth-order valence-corrected chi connectivity index (χ4v) is 20.1. The summed E-state index contributed by atoms with van der Waals surface area (Å²) >= 11 is 0. The van der Waals surface area contributed by atoms with Gasteiger partial charge in [-0.05, 0) is 154 Å². The van der Waals surface area contributed by atoms with Crippen LogP contribution in [0.3, 0.4) is 0 Å². The normalized spacial score (nSPS) is 10.9. The van der Waals surface area contributed by atoms with Gasteiger partial charge in [0.25, 0.3) is 0 Å². The highest BCUT2D eigenvalue weighted by Gasteiger charge is 2.22. The third kappa shape index (κ3) is 142. The summed E-state index contributed by atoms with van der Waals surface area (Å²) in [4.78, 5) is 81.1. The lowest BCUT2D eigenvalue weighted by Gasteiger charge is -2.22. The molecule has 10 N–H and O–H groups in total. The smallest absolute Gasteiger partial charge is 0.407 e. The Bertz CT molecular complexity index is 3180. The molecule has 0 atom stereocenters. The van der Waals surface area contributed by atoms with Gasteiger partial charge in [-0.25, -0.2) is 28.8 Å². The lowest BCUT2D eigenvalue weighted by atomic mass is 10.1. The van der Waals surface area contributed by atoms with Crippen molar-refractivity contribution < 1.29 is 90.4 Å². The molecule has 0 rings (SSSR count). The molecule has 29 nitrogen and oxygen atoms in total. The minimum absolute atomic E-state index is 0.0522. The second-order valence-corrected chi connectivity index (χ2v) is 51.5. The number of rotatable bonds is 81. The third-order valence-electron chi connectivity index (χ3n) is 17.8. The monoisotopic (exact) mass is 2240 g/mol. The van der Waals surface area contributed by atoms with Crippen LogP contribution in [0.1, 0.15) is 288 Å². The molecule has 0 aromatic carbocycles. The van der Waals surface area contributed by atoms with Crippen molar-refractivity contribution in [1.82, 2.24) is 53.2 Å². The second-order valence-electron chi connectivity index (χ2n) is 37.8. The van der Waals surface area contributed by atoms with Gasteiger partial charge in [-0.3, -0.25) is 4.79 Å². The molecule has 145 heavy (non-hydrogen) atoms. The van der Waals surface area contributed by atoms with Gasteiger partial charge in [-0.15, -0.1) is 0 Å². The van der Waals surface area contributed by atoms with Gasteiger partial charge in [0.2, 0.25) is 5.91 Å². The lowest BCUT2D eigenvalue weighted by Crippen LogP contribution is -2.36. The molecule has 0 unspecified atom stereocenters. The summed E-state index contributed by atoms with van der Waals surface area (Å²) in [6.45, 7) is 64.6. The zero-order valence-corrected chi connectivity index (χ0v) is 102. The highest BCUT2D eigenvalue weighted by molar-refractivity contribution is 8.78. The van der Waals surface area contributed by atoms with Crippen molar-refractivity contribution in [1.29, 1.82) is 0 Å². The Morgan fingerprint density at radius 1 is 0.255 bits per heavy atom. The van der Waals surface area contributed by atoms with Gasteiger partial charge in [-0.1, -0.05) is 318 Å². The molecule has 0 radical (unpaired) electrons. The average molecular weight is 2240 g/mol. The molecule has 0 fully saturated rings. The van der Waals surface area contributed by atoms with E-state index in [4.69, 9.17) is 56.8 Å². The molecule has 0 aliphatic rings. The predicted octanol–water partition coefficient (Wildman–Crippen LogP) is 23.3. The number of hydrogen-bond acceptors (Lipinski definition) is 30. The molecule has 0 aliphatic carbocycles. The van der Waals surface area contributed by atoms with Crippen molar-refractivity contribution in [2.24, 2.45) is 53.3 Å². The van der Waals surface area contributed by atoms with Crippen molar-refractivity contribution in [3.8, 4) is 59.2 Å². The van der Waals surface area contributed by atoms with Crippen molar-refractivity contribution >= 4 is 150 Å². The van der Waals surface area contributed by atoms with Gasteiger partial charge in [0.1, 0.15) is 23.8 Å². The van der Waals surface area contributed by atoms with Crippen LogP contribution < -0.4 is 53.2 Å². The van der Waals surface area contributed by atoms with Gasteiger partial charge in [-0.2, -0.15) is 0 Å².